The normalized spacial score (nSPS) is 7.83. The molecule has 1 heterocycles. The third-order valence-corrected chi connectivity index (χ3v) is 1.80. The summed E-state index contributed by atoms with van der Waals surface area (Å²) in [7, 11) is 1.87. The van der Waals surface area contributed by atoms with Gasteiger partial charge in [-0.2, -0.15) is 6.07 Å². The van der Waals surface area contributed by atoms with Crippen LogP contribution in [0.2, 0.25) is 0 Å². The Kier molecular flexibility index (Phi) is 11.0. The van der Waals surface area contributed by atoms with Crippen molar-refractivity contribution in [2.45, 2.75) is 5.03 Å². The van der Waals surface area contributed by atoms with Gasteiger partial charge in [-0.05, 0) is 6.26 Å². The molecule has 12 heavy (non-hydrogen) atoms. The van der Waals surface area contributed by atoms with Crippen LogP contribution in [0.15, 0.2) is 17.3 Å². The van der Waals surface area contributed by atoms with Crippen molar-refractivity contribution in [3.05, 3.63) is 25.8 Å². The second-order valence-corrected chi connectivity index (χ2v) is 2.58. The zero-order valence-electron chi connectivity index (χ0n) is 8.01. The third-order valence-electron chi connectivity index (χ3n) is 1.16. The molecule has 1 N–H and O–H groups in total. The van der Waals surface area contributed by atoms with Gasteiger partial charge in [0.2, 0.25) is 0 Å². The van der Waals surface area contributed by atoms with Gasteiger partial charge in [-0.3, -0.25) is 4.98 Å². The van der Waals surface area contributed by atoms with E-state index in [2.05, 4.69) is 16.4 Å². The van der Waals surface area contributed by atoms with E-state index in [0.29, 0.717) is 0 Å². The Balaban J connectivity index is 0. The largest absolute Gasteiger partial charge is 1.00 e. The SMILES string of the molecule is CNc1[c-]cnc(SC)c1.[CH3-].[K+]. The molecule has 0 atom stereocenters. The molecule has 1 aromatic rings. The molecule has 0 spiro atoms. The molecule has 0 aromatic carbocycles. The summed E-state index contributed by atoms with van der Waals surface area (Å²) in [5.41, 5.74) is 0.986. The first kappa shape index (κ1) is 15.4. The number of rotatable bonds is 2. The molecule has 0 saturated heterocycles. The van der Waals surface area contributed by atoms with Gasteiger partial charge in [-0.1, -0.05) is 6.20 Å². The summed E-state index contributed by atoms with van der Waals surface area (Å²) < 4.78 is 0. The van der Waals surface area contributed by atoms with Gasteiger partial charge in [0, 0.05) is 12.1 Å². The predicted molar refractivity (Wildman–Crippen MR) is 50.8 cm³/mol. The fourth-order valence-corrected chi connectivity index (χ4v) is 1.02. The van der Waals surface area contributed by atoms with Crippen LogP contribution in [0, 0.1) is 13.5 Å². The molecule has 0 aliphatic carbocycles. The first-order valence-corrected chi connectivity index (χ1v) is 4.18. The van der Waals surface area contributed by atoms with Gasteiger partial charge >= 0.3 is 51.4 Å². The van der Waals surface area contributed by atoms with Gasteiger partial charge in [-0.15, -0.1) is 17.4 Å². The van der Waals surface area contributed by atoms with E-state index in [1.54, 1.807) is 18.0 Å². The van der Waals surface area contributed by atoms with E-state index in [-0.39, 0.29) is 58.8 Å². The molecule has 0 fully saturated rings. The number of hydrogen-bond donors (Lipinski definition) is 1. The molecule has 1 aromatic heterocycles. The number of hydrogen-bond acceptors (Lipinski definition) is 3. The van der Waals surface area contributed by atoms with Gasteiger partial charge in [-0.25, -0.2) is 6.07 Å². The number of thioether (sulfide) groups is 1. The van der Waals surface area contributed by atoms with Crippen LogP contribution in [-0.2, 0) is 0 Å². The van der Waals surface area contributed by atoms with E-state index in [4.69, 9.17) is 0 Å². The summed E-state index contributed by atoms with van der Waals surface area (Å²) in [4.78, 5) is 4.07. The van der Waals surface area contributed by atoms with Crippen molar-refractivity contribution in [1.29, 1.82) is 0 Å². The summed E-state index contributed by atoms with van der Waals surface area (Å²) >= 11 is 1.63. The van der Waals surface area contributed by atoms with Crippen LogP contribution < -0.4 is 56.7 Å². The maximum atomic E-state index is 4.07. The van der Waals surface area contributed by atoms with Crippen molar-refractivity contribution in [3.8, 4) is 0 Å². The van der Waals surface area contributed by atoms with Crippen molar-refractivity contribution in [3.63, 3.8) is 0 Å². The number of nitrogens with zero attached hydrogens (tertiary/aromatic N) is 1. The standard InChI is InChI=1S/C7H9N2S.CH3.K/c1-8-6-3-4-9-7(5-6)10-2;;/h4-5H,1-2H3,(H,8,9);1H3;/q2*-1;+1. The summed E-state index contributed by atoms with van der Waals surface area (Å²) in [6.45, 7) is 0. The van der Waals surface area contributed by atoms with Crippen LogP contribution in [-0.4, -0.2) is 18.3 Å². The molecule has 0 aliphatic heterocycles. The minimum absolute atomic E-state index is 0. The monoisotopic (exact) mass is 207 g/mol. The summed E-state index contributed by atoms with van der Waals surface area (Å²) in [5.74, 6) is 0. The van der Waals surface area contributed by atoms with E-state index >= 15 is 0 Å². The molecule has 0 bridgehead atoms. The van der Waals surface area contributed by atoms with Gasteiger partial charge in [0.1, 0.15) is 0 Å². The van der Waals surface area contributed by atoms with Crippen molar-refractivity contribution >= 4 is 17.4 Å². The Morgan fingerprint density at radius 2 is 2.25 bits per heavy atom. The van der Waals surface area contributed by atoms with Gasteiger partial charge in [0.05, 0.1) is 0 Å². The van der Waals surface area contributed by atoms with Gasteiger partial charge in [0.15, 0.2) is 0 Å². The minimum Gasteiger partial charge on any atom is -0.421 e. The van der Waals surface area contributed by atoms with Crippen molar-refractivity contribution in [1.82, 2.24) is 4.98 Å². The van der Waals surface area contributed by atoms with Crippen LogP contribution in [0.25, 0.3) is 0 Å². The van der Waals surface area contributed by atoms with Crippen LogP contribution in [0.5, 0.6) is 0 Å². The van der Waals surface area contributed by atoms with Crippen LogP contribution in [0.1, 0.15) is 0 Å². The Bertz CT molecular complexity index is 199. The van der Waals surface area contributed by atoms with Crippen LogP contribution in [0.3, 0.4) is 0 Å². The molecule has 4 heteroatoms. The Morgan fingerprint density at radius 1 is 1.58 bits per heavy atom. The van der Waals surface area contributed by atoms with Gasteiger partial charge in [0.25, 0.3) is 0 Å². The van der Waals surface area contributed by atoms with Crippen LogP contribution >= 0.6 is 11.8 Å². The predicted octanol–water partition coefficient (Wildman–Crippen LogP) is -0.900. The molecule has 1 rings (SSSR count). The molecule has 0 amide bonds. The molecule has 0 saturated carbocycles. The fourth-order valence-electron chi connectivity index (χ4n) is 0.624. The Hall–Kier alpha value is 0.936. The summed E-state index contributed by atoms with van der Waals surface area (Å²) in [6.07, 6.45) is 3.68. The van der Waals surface area contributed by atoms with Crippen molar-refractivity contribution < 1.29 is 51.4 Å². The molecular formula is C8H12KN2S-. The molecule has 2 nitrogen and oxygen atoms in total. The first-order valence-electron chi connectivity index (χ1n) is 2.96. The summed E-state index contributed by atoms with van der Waals surface area (Å²) in [6, 6.07) is 4.92. The maximum absolute atomic E-state index is 4.07. The molecule has 0 radical (unpaired) electrons. The second kappa shape index (κ2) is 8.53. The van der Waals surface area contributed by atoms with E-state index in [0.717, 1.165) is 10.7 Å². The number of anilines is 1. The molecule has 62 valence electrons. The van der Waals surface area contributed by atoms with Crippen molar-refractivity contribution in [2.24, 2.45) is 0 Å². The Labute approximate surface area is 121 Å². The Morgan fingerprint density at radius 3 is 2.75 bits per heavy atom. The average molecular weight is 207 g/mol. The zero-order chi connectivity index (χ0) is 7.40. The molecule has 0 aliphatic rings. The average Bonchev–Trinajstić information content (AvgIpc) is 2.05. The first-order chi connectivity index (χ1) is 4.86. The number of aromatic nitrogens is 1. The van der Waals surface area contributed by atoms with Crippen molar-refractivity contribution in [2.75, 3.05) is 18.6 Å². The fraction of sp³-hybridized carbons (Fsp3) is 0.250. The zero-order valence-corrected chi connectivity index (χ0v) is 11.9. The van der Waals surface area contributed by atoms with E-state index < -0.39 is 0 Å². The van der Waals surface area contributed by atoms with Crippen LogP contribution in [0.4, 0.5) is 5.69 Å². The molecule has 0 unspecified atom stereocenters. The van der Waals surface area contributed by atoms with E-state index in [9.17, 15) is 0 Å². The smallest absolute Gasteiger partial charge is 0.421 e. The molecular weight excluding hydrogens is 195 g/mol. The van der Waals surface area contributed by atoms with E-state index in [1.807, 2.05) is 19.4 Å². The number of pyridine rings is 1. The minimum atomic E-state index is 0. The second-order valence-electron chi connectivity index (χ2n) is 1.75. The topological polar surface area (TPSA) is 24.9 Å². The quantitative estimate of drug-likeness (QED) is 0.386. The summed E-state index contributed by atoms with van der Waals surface area (Å²) in [5, 5.41) is 4.01. The third kappa shape index (κ3) is 4.84. The maximum Gasteiger partial charge on any atom is 1.00 e. The van der Waals surface area contributed by atoms with E-state index in [1.165, 1.54) is 0 Å². The van der Waals surface area contributed by atoms with Gasteiger partial charge < -0.3 is 12.7 Å². The number of nitrogens with one attached hydrogen (secondary N) is 1.